The van der Waals surface area contributed by atoms with Gasteiger partial charge in [-0.1, -0.05) is 6.92 Å². The highest BCUT2D eigenvalue weighted by molar-refractivity contribution is 7.09. The molecular formula is C10H14N2S. The molecule has 0 bridgehead atoms. The van der Waals surface area contributed by atoms with Gasteiger partial charge in [0.05, 0.1) is 11.6 Å². The maximum Gasteiger partial charge on any atom is 0.0794 e. The van der Waals surface area contributed by atoms with Gasteiger partial charge in [0.1, 0.15) is 0 Å². The van der Waals surface area contributed by atoms with Crippen LogP contribution in [-0.4, -0.2) is 11.5 Å². The van der Waals surface area contributed by atoms with Gasteiger partial charge in [0.2, 0.25) is 0 Å². The lowest BCUT2D eigenvalue weighted by Gasteiger charge is -2.12. The van der Waals surface area contributed by atoms with E-state index in [2.05, 4.69) is 23.1 Å². The lowest BCUT2D eigenvalue weighted by Crippen LogP contribution is -2.20. The van der Waals surface area contributed by atoms with E-state index in [-0.39, 0.29) is 6.04 Å². The van der Waals surface area contributed by atoms with Crippen LogP contribution in [0, 0.1) is 12.3 Å². The Bertz CT molecular complexity index is 261. The van der Waals surface area contributed by atoms with Crippen LogP contribution in [0.5, 0.6) is 0 Å². The summed E-state index contributed by atoms with van der Waals surface area (Å²) in [5.41, 5.74) is 1.84. The molecule has 3 heteroatoms. The maximum absolute atomic E-state index is 5.30. The summed E-state index contributed by atoms with van der Waals surface area (Å²) in [5.74, 6) is 2.68. The van der Waals surface area contributed by atoms with E-state index < -0.39 is 0 Å². The highest BCUT2D eigenvalue weighted by atomic mass is 32.1. The SMILES string of the molecule is C#CCC(NCCC)c1cncs1. The molecule has 0 aliphatic heterocycles. The van der Waals surface area contributed by atoms with E-state index in [1.165, 1.54) is 4.88 Å². The number of terminal acetylenes is 1. The third-order valence-electron chi connectivity index (χ3n) is 1.76. The molecule has 1 aromatic rings. The van der Waals surface area contributed by atoms with Crippen LogP contribution in [0.15, 0.2) is 11.7 Å². The van der Waals surface area contributed by atoms with E-state index in [1.54, 1.807) is 11.3 Å². The van der Waals surface area contributed by atoms with Gasteiger partial charge in [-0.15, -0.1) is 23.7 Å². The van der Waals surface area contributed by atoms with Crippen molar-refractivity contribution in [2.75, 3.05) is 6.54 Å². The van der Waals surface area contributed by atoms with Crippen molar-refractivity contribution in [1.82, 2.24) is 10.3 Å². The molecule has 1 unspecified atom stereocenters. The number of hydrogen-bond donors (Lipinski definition) is 1. The molecule has 1 rings (SSSR count). The van der Waals surface area contributed by atoms with Crippen molar-refractivity contribution < 1.29 is 0 Å². The van der Waals surface area contributed by atoms with Gasteiger partial charge in [-0.25, -0.2) is 0 Å². The second-order valence-electron chi connectivity index (χ2n) is 2.82. The Morgan fingerprint density at radius 3 is 3.15 bits per heavy atom. The molecule has 2 nitrogen and oxygen atoms in total. The molecule has 1 aromatic heterocycles. The fraction of sp³-hybridized carbons (Fsp3) is 0.500. The number of nitrogens with zero attached hydrogens (tertiary/aromatic N) is 1. The standard InChI is InChI=1S/C10H14N2S/c1-3-5-9(12-6-4-2)10-7-11-8-13-10/h1,7-9,12H,4-6H2,2H3. The summed E-state index contributed by atoms with van der Waals surface area (Å²) in [4.78, 5) is 5.27. The van der Waals surface area contributed by atoms with Crippen LogP contribution in [0.4, 0.5) is 0 Å². The van der Waals surface area contributed by atoms with Crippen LogP contribution >= 0.6 is 11.3 Å². The molecule has 0 aromatic carbocycles. The van der Waals surface area contributed by atoms with Crippen molar-refractivity contribution in [1.29, 1.82) is 0 Å². The second kappa shape index (κ2) is 5.74. The summed E-state index contributed by atoms with van der Waals surface area (Å²) in [7, 11) is 0. The zero-order valence-corrected chi connectivity index (χ0v) is 8.60. The molecule has 13 heavy (non-hydrogen) atoms. The number of rotatable bonds is 5. The van der Waals surface area contributed by atoms with E-state index in [1.807, 2.05) is 11.7 Å². The van der Waals surface area contributed by atoms with E-state index in [0.29, 0.717) is 0 Å². The number of aromatic nitrogens is 1. The van der Waals surface area contributed by atoms with Crippen molar-refractivity contribution in [3.05, 3.63) is 16.6 Å². The van der Waals surface area contributed by atoms with Gasteiger partial charge in [-0.3, -0.25) is 4.98 Å². The lowest BCUT2D eigenvalue weighted by atomic mass is 10.2. The minimum Gasteiger partial charge on any atom is -0.308 e. The Morgan fingerprint density at radius 1 is 1.77 bits per heavy atom. The quantitative estimate of drug-likeness (QED) is 0.727. The fourth-order valence-electron chi connectivity index (χ4n) is 1.11. The lowest BCUT2D eigenvalue weighted by molar-refractivity contribution is 0.549. The highest BCUT2D eigenvalue weighted by Gasteiger charge is 2.09. The second-order valence-corrected chi connectivity index (χ2v) is 3.74. The topological polar surface area (TPSA) is 24.9 Å². The first kappa shape index (κ1) is 10.2. The molecule has 0 fully saturated rings. The third kappa shape index (κ3) is 3.17. The van der Waals surface area contributed by atoms with Crippen LogP contribution < -0.4 is 5.32 Å². The van der Waals surface area contributed by atoms with Gasteiger partial charge in [0.15, 0.2) is 0 Å². The van der Waals surface area contributed by atoms with Crippen molar-refractivity contribution >= 4 is 11.3 Å². The summed E-state index contributed by atoms with van der Waals surface area (Å²) in [6.45, 7) is 3.15. The molecule has 1 heterocycles. The minimum absolute atomic E-state index is 0.289. The fourth-order valence-corrected chi connectivity index (χ4v) is 1.80. The van der Waals surface area contributed by atoms with Crippen molar-refractivity contribution in [3.63, 3.8) is 0 Å². The number of thiazole rings is 1. The normalized spacial score (nSPS) is 12.3. The molecule has 0 amide bonds. The summed E-state index contributed by atoms with van der Waals surface area (Å²) in [6, 6.07) is 0.289. The molecular weight excluding hydrogens is 180 g/mol. The predicted molar refractivity (Wildman–Crippen MR) is 56.6 cm³/mol. The zero-order valence-electron chi connectivity index (χ0n) is 7.79. The monoisotopic (exact) mass is 194 g/mol. The first-order valence-electron chi connectivity index (χ1n) is 4.43. The largest absolute Gasteiger partial charge is 0.308 e. The number of hydrogen-bond acceptors (Lipinski definition) is 3. The summed E-state index contributed by atoms with van der Waals surface area (Å²) >= 11 is 1.65. The van der Waals surface area contributed by atoms with Gasteiger partial charge in [-0.05, 0) is 13.0 Å². The molecule has 1 atom stereocenters. The molecule has 0 aliphatic rings. The average Bonchev–Trinajstić information content (AvgIpc) is 2.65. The maximum atomic E-state index is 5.30. The summed E-state index contributed by atoms with van der Waals surface area (Å²) < 4.78 is 0. The summed E-state index contributed by atoms with van der Waals surface area (Å²) in [5, 5.41) is 3.40. The molecule has 1 N–H and O–H groups in total. The number of nitrogens with one attached hydrogen (secondary N) is 1. The summed E-state index contributed by atoms with van der Waals surface area (Å²) in [6.07, 6.45) is 9.05. The van der Waals surface area contributed by atoms with E-state index >= 15 is 0 Å². The smallest absolute Gasteiger partial charge is 0.0794 e. The van der Waals surface area contributed by atoms with E-state index in [9.17, 15) is 0 Å². The van der Waals surface area contributed by atoms with Crippen molar-refractivity contribution in [2.24, 2.45) is 0 Å². The first-order valence-corrected chi connectivity index (χ1v) is 5.31. The van der Waals surface area contributed by atoms with Gasteiger partial charge in [0, 0.05) is 17.5 Å². The Kier molecular flexibility index (Phi) is 4.52. The molecule has 0 saturated carbocycles. The van der Waals surface area contributed by atoms with Crippen LogP contribution in [-0.2, 0) is 0 Å². The van der Waals surface area contributed by atoms with Crippen LogP contribution in [0.2, 0.25) is 0 Å². The zero-order chi connectivity index (χ0) is 9.52. The van der Waals surface area contributed by atoms with E-state index in [4.69, 9.17) is 6.42 Å². The third-order valence-corrected chi connectivity index (χ3v) is 2.65. The van der Waals surface area contributed by atoms with Gasteiger partial charge in [0.25, 0.3) is 0 Å². The minimum atomic E-state index is 0.289. The molecule has 0 saturated heterocycles. The van der Waals surface area contributed by atoms with Crippen LogP contribution in [0.3, 0.4) is 0 Å². The molecule has 0 aliphatic carbocycles. The van der Waals surface area contributed by atoms with Crippen LogP contribution in [0.1, 0.15) is 30.7 Å². The highest BCUT2D eigenvalue weighted by Crippen LogP contribution is 2.19. The van der Waals surface area contributed by atoms with Gasteiger partial charge in [-0.2, -0.15) is 0 Å². The van der Waals surface area contributed by atoms with E-state index in [0.717, 1.165) is 19.4 Å². The van der Waals surface area contributed by atoms with Gasteiger partial charge >= 0.3 is 0 Å². The Hall–Kier alpha value is -0.850. The Balaban J connectivity index is 2.53. The molecule has 0 spiro atoms. The molecule has 70 valence electrons. The Labute approximate surface area is 83.4 Å². The average molecular weight is 194 g/mol. The molecule has 0 radical (unpaired) electrons. The van der Waals surface area contributed by atoms with Crippen LogP contribution in [0.25, 0.3) is 0 Å². The van der Waals surface area contributed by atoms with Crippen molar-refractivity contribution in [3.8, 4) is 12.3 Å². The predicted octanol–water partition coefficient (Wildman–Crippen LogP) is 2.21. The van der Waals surface area contributed by atoms with Gasteiger partial charge < -0.3 is 5.32 Å². The first-order chi connectivity index (χ1) is 6.38. The van der Waals surface area contributed by atoms with Crippen molar-refractivity contribution in [2.45, 2.75) is 25.8 Å². The Morgan fingerprint density at radius 2 is 2.62 bits per heavy atom.